The molecule has 0 amide bonds. The number of fused-ring (bicyclic) bond motifs is 1. The van der Waals surface area contributed by atoms with Gasteiger partial charge in [-0.25, -0.2) is 0 Å². The van der Waals surface area contributed by atoms with Crippen LogP contribution in [-0.4, -0.2) is 17.5 Å². The minimum Gasteiger partial charge on any atom is -0.399 e. The molecule has 1 saturated heterocycles. The molecule has 2 heteroatoms. The number of benzene rings is 1. The average Bonchev–Trinajstić information content (AvgIpc) is 2.87. The second-order valence-electron chi connectivity index (χ2n) is 5.98. The molecule has 1 heterocycles. The Bertz CT molecular complexity index is 398. The molecule has 2 aliphatic rings. The summed E-state index contributed by atoms with van der Waals surface area (Å²) in [6, 6.07) is 9.82. The number of piperidine rings is 1. The molecule has 1 aliphatic heterocycles. The van der Waals surface area contributed by atoms with Crippen molar-refractivity contribution < 1.29 is 0 Å². The number of nitrogen functional groups attached to an aromatic ring is 1. The van der Waals surface area contributed by atoms with Crippen LogP contribution < -0.4 is 5.73 Å². The number of nitrogens with two attached hydrogens (primary N) is 1. The number of anilines is 1. The van der Waals surface area contributed by atoms with E-state index in [0.29, 0.717) is 6.04 Å². The van der Waals surface area contributed by atoms with Gasteiger partial charge < -0.3 is 5.73 Å². The van der Waals surface area contributed by atoms with Gasteiger partial charge in [0.15, 0.2) is 0 Å². The zero-order valence-electron chi connectivity index (χ0n) is 11.3. The van der Waals surface area contributed by atoms with E-state index in [4.69, 9.17) is 5.73 Å². The Labute approximate surface area is 110 Å². The Balaban J connectivity index is 1.78. The molecule has 3 atom stereocenters. The van der Waals surface area contributed by atoms with E-state index in [-0.39, 0.29) is 0 Å². The van der Waals surface area contributed by atoms with Gasteiger partial charge in [-0.1, -0.05) is 18.6 Å². The zero-order chi connectivity index (χ0) is 12.5. The summed E-state index contributed by atoms with van der Waals surface area (Å²) >= 11 is 0. The highest BCUT2D eigenvalue weighted by molar-refractivity contribution is 5.40. The standard InChI is InChI=1S/C16H24N2/c1-12(13-7-9-15(17)10-8-13)18-11-3-5-14-4-2-6-16(14)18/h7-10,12,14,16H,2-6,11,17H2,1H3. The first-order chi connectivity index (χ1) is 8.75. The highest BCUT2D eigenvalue weighted by Gasteiger charge is 2.37. The Morgan fingerprint density at radius 2 is 1.83 bits per heavy atom. The molecule has 2 fully saturated rings. The van der Waals surface area contributed by atoms with Crippen molar-refractivity contribution in [2.45, 2.75) is 51.1 Å². The van der Waals surface area contributed by atoms with Crippen molar-refractivity contribution in [2.24, 2.45) is 5.92 Å². The van der Waals surface area contributed by atoms with Crippen molar-refractivity contribution in [1.82, 2.24) is 4.90 Å². The van der Waals surface area contributed by atoms with Crippen molar-refractivity contribution in [3.8, 4) is 0 Å². The molecule has 1 saturated carbocycles. The summed E-state index contributed by atoms with van der Waals surface area (Å²) in [4.78, 5) is 2.74. The molecule has 1 aromatic rings. The van der Waals surface area contributed by atoms with Crippen LogP contribution in [0.25, 0.3) is 0 Å². The highest BCUT2D eigenvalue weighted by atomic mass is 15.2. The van der Waals surface area contributed by atoms with E-state index in [1.807, 2.05) is 12.1 Å². The Kier molecular flexibility index (Phi) is 3.29. The molecule has 0 spiro atoms. The zero-order valence-corrected chi connectivity index (χ0v) is 11.3. The van der Waals surface area contributed by atoms with Gasteiger partial charge in [-0.3, -0.25) is 4.90 Å². The van der Waals surface area contributed by atoms with Crippen LogP contribution in [0.4, 0.5) is 5.69 Å². The monoisotopic (exact) mass is 244 g/mol. The molecule has 18 heavy (non-hydrogen) atoms. The van der Waals surface area contributed by atoms with Gasteiger partial charge in [0.1, 0.15) is 0 Å². The third kappa shape index (κ3) is 2.14. The summed E-state index contributed by atoms with van der Waals surface area (Å²) in [6.45, 7) is 3.62. The van der Waals surface area contributed by atoms with E-state index in [1.165, 1.54) is 44.2 Å². The van der Waals surface area contributed by atoms with Crippen molar-refractivity contribution in [2.75, 3.05) is 12.3 Å². The number of hydrogen-bond acceptors (Lipinski definition) is 2. The minimum absolute atomic E-state index is 0.538. The predicted octanol–water partition coefficient (Wildman–Crippen LogP) is 3.59. The second kappa shape index (κ2) is 4.93. The van der Waals surface area contributed by atoms with E-state index >= 15 is 0 Å². The summed E-state index contributed by atoms with van der Waals surface area (Å²) in [5.74, 6) is 0.968. The van der Waals surface area contributed by atoms with Crippen LogP contribution in [-0.2, 0) is 0 Å². The molecule has 98 valence electrons. The summed E-state index contributed by atoms with van der Waals surface area (Å²) in [6.07, 6.45) is 7.12. The lowest BCUT2D eigenvalue weighted by Gasteiger charge is -2.41. The molecular weight excluding hydrogens is 220 g/mol. The molecule has 1 aliphatic carbocycles. The normalized spacial score (nSPS) is 30.1. The maximum Gasteiger partial charge on any atom is 0.0322 e. The van der Waals surface area contributed by atoms with Gasteiger partial charge in [0.2, 0.25) is 0 Å². The molecular formula is C16H24N2. The minimum atomic E-state index is 0.538. The topological polar surface area (TPSA) is 29.3 Å². The number of likely N-dealkylation sites (tertiary alicyclic amines) is 1. The van der Waals surface area contributed by atoms with Gasteiger partial charge in [-0.2, -0.15) is 0 Å². The Hall–Kier alpha value is -1.02. The van der Waals surface area contributed by atoms with Crippen LogP contribution in [0.2, 0.25) is 0 Å². The smallest absolute Gasteiger partial charge is 0.0322 e. The molecule has 3 rings (SSSR count). The van der Waals surface area contributed by atoms with Crippen LogP contribution in [0.5, 0.6) is 0 Å². The first-order valence-electron chi connectivity index (χ1n) is 7.37. The van der Waals surface area contributed by atoms with Crippen LogP contribution in [0, 0.1) is 5.92 Å². The average molecular weight is 244 g/mol. The van der Waals surface area contributed by atoms with Crippen LogP contribution in [0.3, 0.4) is 0 Å². The SMILES string of the molecule is CC(c1ccc(N)cc1)N1CCCC2CCCC21. The molecule has 0 bridgehead atoms. The predicted molar refractivity (Wildman–Crippen MR) is 76.3 cm³/mol. The van der Waals surface area contributed by atoms with Crippen LogP contribution in [0.1, 0.15) is 50.6 Å². The Morgan fingerprint density at radius 3 is 2.61 bits per heavy atom. The maximum atomic E-state index is 5.78. The number of nitrogens with zero attached hydrogens (tertiary/aromatic N) is 1. The van der Waals surface area contributed by atoms with E-state index in [1.54, 1.807) is 0 Å². The van der Waals surface area contributed by atoms with Crippen molar-refractivity contribution >= 4 is 5.69 Å². The lowest BCUT2D eigenvalue weighted by Crippen LogP contribution is -2.43. The van der Waals surface area contributed by atoms with Gasteiger partial charge in [-0.05, 0) is 62.8 Å². The largest absolute Gasteiger partial charge is 0.399 e. The van der Waals surface area contributed by atoms with E-state index in [0.717, 1.165) is 17.6 Å². The maximum absolute atomic E-state index is 5.78. The lowest BCUT2D eigenvalue weighted by atomic mass is 9.89. The quantitative estimate of drug-likeness (QED) is 0.805. The number of rotatable bonds is 2. The second-order valence-corrected chi connectivity index (χ2v) is 5.98. The van der Waals surface area contributed by atoms with Gasteiger partial charge in [0.05, 0.1) is 0 Å². The molecule has 0 radical (unpaired) electrons. The van der Waals surface area contributed by atoms with Gasteiger partial charge >= 0.3 is 0 Å². The van der Waals surface area contributed by atoms with Gasteiger partial charge in [0, 0.05) is 17.8 Å². The van der Waals surface area contributed by atoms with Gasteiger partial charge in [-0.15, -0.1) is 0 Å². The van der Waals surface area contributed by atoms with Crippen molar-refractivity contribution in [1.29, 1.82) is 0 Å². The number of hydrogen-bond donors (Lipinski definition) is 1. The molecule has 1 aromatic carbocycles. The molecule has 0 aromatic heterocycles. The molecule has 2 N–H and O–H groups in total. The first kappa shape index (κ1) is 12.0. The van der Waals surface area contributed by atoms with E-state index in [2.05, 4.69) is 24.0 Å². The summed E-state index contributed by atoms with van der Waals surface area (Å²) < 4.78 is 0. The van der Waals surface area contributed by atoms with E-state index < -0.39 is 0 Å². The molecule has 2 nitrogen and oxygen atoms in total. The van der Waals surface area contributed by atoms with Crippen molar-refractivity contribution in [3.05, 3.63) is 29.8 Å². The fourth-order valence-electron chi connectivity index (χ4n) is 3.94. The lowest BCUT2D eigenvalue weighted by molar-refractivity contribution is 0.0745. The third-order valence-electron chi connectivity index (χ3n) is 4.95. The fraction of sp³-hybridized carbons (Fsp3) is 0.625. The van der Waals surface area contributed by atoms with E-state index in [9.17, 15) is 0 Å². The third-order valence-corrected chi connectivity index (χ3v) is 4.95. The van der Waals surface area contributed by atoms with Crippen molar-refractivity contribution in [3.63, 3.8) is 0 Å². The summed E-state index contributed by atoms with van der Waals surface area (Å²) in [7, 11) is 0. The fourth-order valence-corrected chi connectivity index (χ4v) is 3.94. The first-order valence-corrected chi connectivity index (χ1v) is 7.37. The summed E-state index contributed by atoms with van der Waals surface area (Å²) in [5, 5.41) is 0. The van der Waals surface area contributed by atoms with Crippen LogP contribution in [0.15, 0.2) is 24.3 Å². The van der Waals surface area contributed by atoms with Crippen LogP contribution >= 0.6 is 0 Å². The highest BCUT2D eigenvalue weighted by Crippen LogP contribution is 2.40. The summed E-state index contributed by atoms with van der Waals surface area (Å²) in [5.41, 5.74) is 8.06. The molecule has 3 unspecified atom stereocenters. The van der Waals surface area contributed by atoms with Gasteiger partial charge in [0.25, 0.3) is 0 Å². The Morgan fingerprint density at radius 1 is 1.11 bits per heavy atom.